The summed E-state index contributed by atoms with van der Waals surface area (Å²) in [5.74, 6) is 1.45. The van der Waals surface area contributed by atoms with Gasteiger partial charge in [0.15, 0.2) is 0 Å². The lowest BCUT2D eigenvalue weighted by atomic mass is 10.2. The van der Waals surface area contributed by atoms with E-state index in [2.05, 4.69) is 25.6 Å². The fraction of sp³-hybridized carbons (Fsp3) is 0.136. The molecule has 0 bridgehead atoms. The molecule has 2 aromatic heterocycles. The van der Waals surface area contributed by atoms with Crippen LogP contribution in [-0.2, 0) is 16.6 Å². The topological polar surface area (TPSA) is 137 Å². The highest BCUT2D eigenvalue weighted by Crippen LogP contribution is 2.27. The number of sulfonamides is 1. The van der Waals surface area contributed by atoms with E-state index < -0.39 is 10.0 Å². The van der Waals surface area contributed by atoms with Gasteiger partial charge in [0.1, 0.15) is 23.1 Å². The van der Waals surface area contributed by atoms with E-state index in [-0.39, 0.29) is 4.90 Å². The monoisotopic (exact) mass is 465 g/mol. The van der Waals surface area contributed by atoms with Gasteiger partial charge in [-0.15, -0.1) is 0 Å². The summed E-state index contributed by atoms with van der Waals surface area (Å²) in [5.41, 5.74) is 1.63. The average Bonchev–Trinajstić information content (AvgIpc) is 3.27. The molecule has 2 aromatic carbocycles. The molecule has 0 aliphatic carbocycles. The van der Waals surface area contributed by atoms with Crippen molar-refractivity contribution in [3.8, 4) is 5.75 Å². The van der Waals surface area contributed by atoms with Crippen LogP contribution in [0.5, 0.6) is 5.75 Å². The average molecular weight is 466 g/mol. The van der Waals surface area contributed by atoms with Crippen molar-refractivity contribution in [1.82, 2.24) is 19.5 Å². The summed E-state index contributed by atoms with van der Waals surface area (Å²) in [5, 5.41) is 11.5. The molecule has 2 heterocycles. The van der Waals surface area contributed by atoms with Gasteiger partial charge in [0.2, 0.25) is 16.0 Å². The number of hydrogen-bond acceptors (Lipinski definition) is 8. The van der Waals surface area contributed by atoms with E-state index in [9.17, 15) is 8.42 Å². The zero-order chi connectivity index (χ0) is 23.3. The number of benzene rings is 2. The standard InChI is InChI=1S/C22H23N7O3S/c1-16-4-2-7-19(21(16)33(23,30)31)27-20-8-9-25-22(28-20)26-17-5-3-6-18(14-17)32-13-12-29-11-10-24-15-29/h2-11,14-15H,12-13H2,1H3,(H2,23,30,31)(H2,25,26,27,28). The highest BCUT2D eigenvalue weighted by molar-refractivity contribution is 7.89. The van der Waals surface area contributed by atoms with E-state index >= 15 is 0 Å². The number of primary sulfonamides is 1. The summed E-state index contributed by atoms with van der Waals surface area (Å²) in [7, 11) is -3.91. The van der Waals surface area contributed by atoms with Gasteiger partial charge >= 0.3 is 0 Å². The third-order valence-electron chi connectivity index (χ3n) is 4.68. The molecule has 0 aliphatic rings. The maximum atomic E-state index is 12.0. The number of ether oxygens (including phenoxy) is 1. The summed E-state index contributed by atoms with van der Waals surface area (Å²) in [4.78, 5) is 12.7. The normalized spacial score (nSPS) is 11.2. The van der Waals surface area contributed by atoms with E-state index in [0.29, 0.717) is 41.9 Å². The van der Waals surface area contributed by atoms with E-state index in [1.807, 2.05) is 35.0 Å². The lowest BCUT2D eigenvalue weighted by molar-refractivity contribution is 0.298. The zero-order valence-corrected chi connectivity index (χ0v) is 18.7. The van der Waals surface area contributed by atoms with Gasteiger partial charge in [-0.2, -0.15) is 4.98 Å². The van der Waals surface area contributed by atoms with Crippen LogP contribution in [0.4, 0.5) is 23.1 Å². The number of nitrogens with one attached hydrogen (secondary N) is 2. The van der Waals surface area contributed by atoms with Gasteiger partial charge in [-0.05, 0) is 36.8 Å². The molecule has 4 N–H and O–H groups in total. The number of anilines is 4. The van der Waals surface area contributed by atoms with Crippen molar-refractivity contribution < 1.29 is 13.2 Å². The number of nitrogens with two attached hydrogens (primary N) is 1. The van der Waals surface area contributed by atoms with Gasteiger partial charge in [0.05, 0.1) is 18.6 Å². The van der Waals surface area contributed by atoms with Crippen LogP contribution < -0.4 is 20.5 Å². The fourth-order valence-electron chi connectivity index (χ4n) is 3.24. The Kier molecular flexibility index (Phi) is 6.52. The van der Waals surface area contributed by atoms with Gasteiger partial charge in [-0.25, -0.2) is 23.5 Å². The van der Waals surface area contributed by atoms with E-state index in [4.69, 9.17) is 9.88 Å². The first kappa shape index (κ1) is 22.2. The third-order valence-corrected chi connectivity index (χ3v) is 5.79. The smallest absolute Gasteiger partial charge is 0.240 e. The Morgan fingerprint density at radius 2 is 1.94 bits per heavy atom. The highest BCUT2D eigenvalue weighted by atomic mass is 32.2. The van der Waals surface area contributed by atoms with Crippen molar-refractivity contribution in [3.05, 3.63) is 79.0 Å². The van der Waals surface area contributed by atoms with E-state index in [1.54, 1.807) is 49.9 Å². The number of rotatable bonds is 9. The van der Waals surface area contributed by atoms with Crippen LogP contribution in [0.15, 0.2) is 78.3 Å². The number of nitrogens with zero attached hydrogens (tertiary/aromatic N) is 4. The van der Waals surface area contributed by atoms with Crippen molar-refractivity contribution in [1.29, 1.82) is 0 Å². The molecule has 33 heavy (non-hydrogen) atoms. The maximum absolute atomic E-state index is 12.0. The Bertz CT molecular complexity index is 1340. The Morgan fingerprint density at radius 1 is 1.09 bits per heavy atom. The largest absolute Gasteiger partial charge is 0.492 e. The second kappa shape index (κ2) is 9.67. The van der Waals surface area contributed by atoms with Gasteiger partial charge in [-0.1, -0.05) is 18.2 Å². The van der Waals surface area contributed by atoms with Crippen LogP contribution in [-0.4, -0.2) is 34.5 Å². The minimum Gasteiger partial charge on any atom is -0.492 e. The molecule has 0 spiro atoms. The molecular formula is C22H23N7O3S. The molecule has 0 unspecified atom stereocenters. The number of hydrogen-bond donors (Lipinski definition) is 3. The first-order valence-corrected chi connectivity index (χ1v) is 11.6. The minimum atomic E-state index is -3.91. The summed E-state index contributed by atoms with van der Waals surface area (Å²) in [6.45, 7) is 2.87. The molecule has 0 aliphatic heterocycles. The number of imidazole rings is 1. The molecule has 0 saturated heterocycles. The second-order valence-electron chi connectivity index (χ2n) is 7.19. The van der Waals surface area contributed by atoms with Gasteiger partial charge in [0.25, 0.3) is 0 Å². The maximum Gasteiger partial charge on any atom is 0.240 e. The van der Waals surface area contributed by atoms with Crippen molar-refractivity contribution >= 4 is 33.2 Å². The lowest BCUT2D eigenvalue weighted by Gasteiger charge is -2.13. The van der Waals surface area contributed by atoms with Crippen molar-refractivity contribution in [2.45, 2.75) is 18.4 Å². The van der Waals surface area contributed by atoms with Gasteiger partial charge < -0.3 is 19.9 Å². The first-order chi connectivity index (χ1) is 15.9. The molecule has 0 radical (unpaired) electrons. The summed E-state index contributed by atoms with van der Waals surface area (Å²) < 4.78 is 31.8. The Morgan fingerprint density at radius 3 is 2.73 bits per heavy atom. The quantitative estimate of drug-likeness (QED) is 0.343. The molecular weight excluding hydrogens is 442 g/mol. The number of aromatic nitrogens is 4. The van der Waals surface area contributed by atoms with Crippen molar-refractivity contribution in [2.24, 2.45) is 5.14 Å². The molecule has 10 nitrogen and oxygen atoms in total. The highest BCUT2D eigenvalue weighted by Gasteiger charge is 2.17. The lowest BCUT2D eigenvalue weighted by Crippen LogP contribution is -2.16. The molecule has 0 fully saturated rings. The SMILES string of the molecule is Cc1cccc(Nc2ccnc(Nc3cccc(OCCn4ccnc4)c3)n2)c1S(N)(=O)=O. The molecule has 0 atom stereocenters. The summed E-state index contributed by atoms with van der Waals surface area (Å²) >= 11 is 0. The van der Waals surface area contributed by atoms with Crippen molar-refractivity contribution in [2.75, 3.05) is 17.2 Å². The summed E-state index contributed by atoms with van der Waals surface area (Å²) in [6.07, 6.45) is 6.91. The molecule has 11 heteroatoms. The molecule has 170 valence electrons. The van der Waals surface area contributed by atoms with Crippen LogP contribution >= 0.6 is 0 Å². The molecule has 4 aromatic rings. The van der Waals surface area contributed by atoms with Crippen LogP contribution in [0, 0.1) is 6.92 Å². The predicted octanol–water partition coefficient (Wildman–Crippen LogP) is 3.20. The van der Waals surface area contributed by atoms with Gasteiger partial charge in [-0.3, -0.25) is 0 Å². The fourth-order valence-corrected chi connectivity index (χ4v) is 4.18. The number of aryl methyl sites for hydroxylation is 1. The van der Waals surface area contributed by atoms with Gasteiger partial charge in [0, 0.05) is 30.3 Å². The Labute approximate surface area is 191 Å². The summed E-state index contributed by atoms with van der Waals surface area (Å²) in [6, 6.07) is 14.1. The second-order valence-corrected chi connectivity index (χ2v) is 8.69. The van der Waals surface area contributed by atoms with E-state index in [0.717, 1.165) is 5.69 Å². The van der Waals surface area contributed by atoms with E-state index in [1.165, 1.54) is 0 Å². The Hall–Kier alpha value is -3.96. The zero-order valence-electron chi connectivity index (χ0n) is 17.8. The molecule has 4 rings (SSSR count). The van der Waals surface area contributed by atoms with Crippen molar-refractivity contribution in [3.63, 3.8) is 0 Å². The van der Waals surface area contributed by atoms with Crippen LogP contribution in [0.1, 0.15) is 5.56 Å². The third kappa shape index (κ3) is 5.84. The van der Waals surface area contributed by atoms with Crippen LogP contribution in [0.25, 0.3) is 0 Å². The molecule has 0 amide bonds. The van der Waals surface area contributed by atoms with Crippen LogP contribution in [0.2, 0.25) is 0 Å². The minimum absolute atomic E-state index is 0.0265. The Balaban J connectivity index is 1.45. The van der Waals surface area contributed by atoms with Crippen LogP contribution in [0.3, 0.4) is 0 Å². The predicted molar refractivity (Wildman–Crippen MR) is 125 cm³/mol. The first-order valence-electron chi connectivity index (χ1n) is 10.1. The molecule has 0 saturated carbocycles.